The van der Waals surface area contributed by atoms with Crippen molar-refractivity contribution < 1.29 is 9.53 Å². The van der Waals surface area contributed by atoms with Crippen LogP contribution >= 0.6 is 11.6 Å². The van der Waals surface area contributed by atoms with E-state index in [0.717, 1.165) is 48.3 Å². The number of rotatable bonds is 6. The number of carbonyl (C=O) groups is 1. The summed E-state index contributed by atoms with van der Waals surface area (Å²) in [6, 6.07) is 15.2. The Bertz CT molecular complexity index is 758. The third-order valence-electron chi connectivity index (χ3n) is 4.87. The number of piperazine rings is 1. The molecule has 0 aliphatic carbocycles. The van der Waals surface area contributed by atoms with Crippen molar-refractivity contribution in [2.75, 3.05) is 43.0 Å². The number of benzene rings is 2. The third-order valence-corrected chi connectivity index (χ3v) is 5.19. The molecule has 3 rings (SSSR count). The van der Waals surface area contributed by atoms with Crippen molar-refractivity contribution in [3.8, 4) is 5.75 Å². The standard InChI is InChI=1S/C21H26ClN3O2/c1-3-27-18-10-8-17(9-11-18)23-21(26)16(2)24-12-14-25(15-13-24)20-7-5-4-6-19(20)22/h4-11,16H,3,12-15H2,1-2H3,(H,23,26)/t16-/m0/s1. The summed E-state index contributed by atoms with van der Waals surface area (Å²) in [5.74, 6) is 0.810. The van der Waals surface area contributed by atoms with Gasteiger partial charge in [-0.25, -0.2) is 0 Å². The van der Waals surface area contributed by atoms with Crippen molar-refractivity contribution in [2.45, 2.75) is 19.9 Å². The van der Waals surface area contributed by atoms with Gasteiger partial charge in [0.25, 0.3) is 0 Å². The molecule has 27 heavy (non-hydrogen) atoms. The van der Waals surface area contributed by atoms with Crippen molar-refractivity contribution >= 4 is 28.9 Å². The van der Waals surface area contributed by atoms with Crippen LogP contribution in [0.15, 0.2) is 48.5 Å². The molecule has 1 N–H and O–H groups in total. The number of para-hydroxylation sites is 1. The summed E-state index contributed by atoms with van der Waals surface area (Å²) in [6.45, 7) is 7.88. The van der Waals surface area contributed by atoms with E-state index in [1.54, 1.807) is 0 Å². The van der Waals surface area contributed by atoms with E-state index in [-0.39, 0.29) is 11.9 Å². The molecule has 0 saturated carbocycles. The van der Waals surface area contributed by atoms with Crippen LogP contribution in [0.4, 0.5) is 11.4 Å². The molecule has 1 saturated heterocycles. The van der Waals surface area contributed by atoms with E-state index in [4.69, 9.17) is 16.3 Å². The van der Waals surface area contributed by atoms with E-state index in [9.17, 15) is 4.79 Å². The summed E-state index contributed by atoms with van der Waals surface area (Å²) < 4.78 is 5.43. The van der Waals surface area contributed by atoms with E-state index in [2.05, 4.69) is 15.1 Å². The first-order chi connectivity index (χ1) is 13.1. The topological polar surface area (TPSA) is 44.8 Å². The number of carbonyl (C=O) groups excluding carboxylic acids is 1. The Balaban J connectivity index is 1.53. The number of nitrogens with zero attached hydrogens (tertiary/aromatic N) is 2. The van der Waals surface area contributed by atoms with Gasteiger partial charge in [0.15, 0.2) is 0 Å². The van der Waals surface area contributed by atoms with E-state index < -0.39 is 0 Å². The summed E-state index contributed by atoms with van der Waals surface area (Å²) in [5.41, 5.74) is 1.84. The Morgan fingerprint density at radius 1 is 1.11 bits per heavy atom. The zero-order chi connectivity index (χ0) is 19.2. The number of ether oxygens (including phenoxy) is 1. The summed E-state index contributed by atoms with van der Waals surface area (Å²) in [4.78, 5) is 17.1. The van der Waals surface area contributed by atoms with E-state index >= 15 is 0 Å². The summed E-state index contributed by atoms with van der Waals surface area (Å²) in [6.07, 6.45) is 0. The number of amides is 1. The first-order valence-corrected chi connectivity index (χ1v) is 9.73. The predicted molar refractivity (Wildman–Crippen MR) is 111 cm³/mol. The minimum Gasteiger partial charge on any atom is -0.494 e. The molecule has 1 aliphatic heterocycles. The summed E-state index contributed by atoms with van der Waals surface area (Å²) in [5, 5.41) is 3.76. The second-order valence-electron chi connectivity index (χ2n) is 6.60. The second kappa shape index (κ2) is 9.11. The van der Waals surface area contributed by atoms with Crippen molar-refractivity contribution in [3.05, 3.63) is 53.6 Å². The van der Waals surface area contributed by atoms with E-state index in [0.29, 0.717) is 6.61 Å². The lowest BCUT2D eigenvalue weighted by atomic mass is 10.2. The van der Waals surface area contributed by atoms with Crippen molar-refractivity contribution in [1.82, 2.24) is 4.90 Å². The van der Waals surface area contributed by atoms with Gasteiger partial charge >= 0.3 is 0 Å². The number of anilines is 2. The molecule has 1 heterocycles. The maximum absolute atomic E-state index is 12.6. The van der Waals surface area contributed by atoms with Crippen LogP contribution in [0.3, 0.4) is 0 Å². The molecule has 1 fully saturated rings. The molecule has 1 aliphatic rings. The monoisotopic (exact) mass is 387 g/mol. The quantitative estimate of drug-likeness (QED) is 0.816. The van der Waals surface area contributed by atoms with Gasteiger partial charge in [-0.2, -0.15) is 0 Å². The Hall–Kier alpha value is -2.24. The molecule has 5 nitrogen and oxygen atoms in total. The smallest absolute Gasteiger partial charge is 0.241 e. The van der Waals surface area contributed by atoms with Crippen molar-refractivity contribution in [3.63, 3.8) is 0 Å². The predicted octanol–water partition coefficient (Wildman–Crippen LogP) is 3.89. The molecule has 0 radical (unpaired) electrons. The zero-order valence-electron chi connectivity index (χ0n) is 15.8. The highest BCUT2D eigenvalue weighted by Gasteiger charge is 2.26. The second-order valence-corrected chi connectivity index (χ2v) is 7.00. The number of halogens is 1. The molecule has 1 atom stereocenters. The Morgan fingerprint density at radius 2 is 1.78 bits per heavy atom. The van der Waals surface area contributed by atoms with Gasteiger partial charge in [-0.05, 0) is 50.2 Å². The fourth-order valence-electron chi connectivity index (χ4n) is 3.27. The van der Waals surface area contributed by atoms with Gasteiger partial charge in [-0.15, -0.1) is 0 Å². The van der Waals surface area contributed by atoms with Crippen molar-refractivity contribution in [1.29, 1.82) is 0 Å². The van der Waals surface area contributed by atoms with Crippen LogP contribution in [0.25, 0.3) is 0 Å². The maximum atomic E-state index is 12.6. The molecule has 0 spiro atoms. The van der Waals surface area contributed by atoms with Gasteiger partial charge < -0.3 is 15.0 Å². The summed E-state index contributed by atoms with van der Waals surface area (Å²) >= 11 is 6.30. The number of hydrogen-bond donors (Lipinski definition) is 1. The molecule has 0 bridgehead atoms. The molecule has 6 heteroatoms. The van der Waals surface area contributed by atoms with Gasteiger partial charge in [-0.3, -0.25) is 9.69 Å². The largest absolute Gasteiger partial charge is 0.494 e. The molecule has 2 aromatic carbocycles. The lowest BCUT2D eigenvalue weighted by molar-refractivity contribution is -0.120. The van der Waals surface area contributed by atoms with E-state index in [1.807, 2.05) is 62.4 Å². The highest BCUT2D eigenvalue weighted by molar-refractivity contribution is 6.33. The average Bonchev–Trinajstić information content (AvgIpc) is 2.70. The first kappa shape index (κ1) is 19.5. The lowest BCUT2D eigenvalue weighted by Crippen LogP contribution is -2.52. The fourth-order valence-corrected chi connectivity index (χ4v) is 3.53. The lowest BCUT2D eigenvalue weighted by Gasteiger charge is -2.38. The molecular weight excluding hydrogens is 362 g/mol. The molecule has 144 valence electrons. The van der Waals surface area contributed by atoms with Gasteiger partial charge in [-0.1, -0.05) is 23.7 Å². The highest BCUT2D eigenvalue weighted by Crippen LogP contribution is 2.26. The number of hydrogen-bond acceptors (Lipinski definition) is 4. The minimum atomic E-state index is -0.190. The van der Waals surface area contributed by atoms with Crippen LogP contribution in [0, 0.1) is 0 Å². The van der Waals surface area contributed by atoms with Crippen LogP contribution in [0.1, 0.15) is 13.8 Å². The zero-order valence-corrected chi connectivity index (χ0v) is 16.6. The third kappa shape index (κ3) is 4.93. The normalized spacial score (nSPS) is 16.0. The summed E-state index contributed by atoms with van der Waals surface area (Å²) in [7, 11) is 0. The Morgan fingerprint density at radius 3 is 2.41 bits per heavy atom. The fraction of sp³-hybridized carbons (Fsp3) is 0.381. The van der Waals surface area contributed by atoms with Crippen LogP contribution in [0.2, 0.25) is 5.02 Å². The highest BCUT2D eigenvalue weighted by atomic mass is 35.5. The van der Waals surface area contributed by atoms with Crippen molar-refractivity contribution in [2.24, 2.45) is 0 Å². The average molecular weight is 388 g/mol. The SMILES string of the molecule is CCOc1ccc(NC(=O)[C@H](C)N2CCN(c3ccccc3Cl)CC2)cc1. The minimum absolute atomic E-state index is 0.00496. The van der Waals surface area contributed by atoms with Gasteiger partial charge in [0.2, 0.25) is 5.91 Å². The van der Waals surface area contributed by atoms with Crippen LogP contribution < -0.4 is 15.0 Å². The van der Waals surface area contributed by atoms with Gasteiger partial charge in [0.1, 0.15) is 5.75 Å². The molecule has 0 unspecified atom stereocenters. The molecule has 1 amide bonds. The Kier molecular flexibility index (Phi) is 6.58. The Labute approximate surface area is 165 Å². The molecule has 2 aromatic rings. The molecular formula is C21H26ClN3O2. The molecule has 0 aromatic heterocycles. The van der Waals surface area contributed by atoms with Gasteiger partial charge in [0.05, 0.1) is 23.4 Å². The maximum Gasteiger partial charge on any atom is 0.241 e. The number of nitrogens with one attached hydrogen (secondary N) is 1. The van der Waals surface area contributed by atoms with Gasteiger partial charge in [0, 0.05) is 31.9 Å². The first-order valence-electron chi connectivity index (χ1n) is 9.35. The van der Waals surface area contributed by atoms with Crippen LogP contribution in [0.5, 0.6) is 5.75 Å². The van der Waals surface area contributed by atoms with Crippen LogP contribution in [-0.2, 0) is 4.79 Å². The van der Waals surface area contributed by atoms with Crippen LogP contribution in [-0.4, -0.2) is 49.6 Å². The van der Waals surface area contributed by atoms with E-state index in [1.165, 1.54) is 0 Å².